The Bertz CT molecular complexity index is 345. The maximum atomic E-state index is 5.96. The number of pyridine rings is 1. The van der Waals surface area contributed by atoms with E-state index in [2.05, 4.69) is 16.8 Å². The number of rotatable bonds is 4. The molecule has 2 rings (SSSR count). The molecule has 0 bridgehead atoms. The third-order valence-electron chi connectivity index (χ3n) is 2.62. The van der Waals surface area contributed by atoms with Gasteiger partial charge in [-0.05, 0) is 19.3 Å². The Morgan fingerprint density at radius 2 is 2.13 bits per heavy atom. The Kier molecular flexibility index (Phi) is 2.80. The van der Waals surface area contributed by atoms with Crippen molar-refractivity contribution in [2.75, 3.05) is 19.0 Å². The smallest absolute Gasteiger partial charge is 0.149 e. The summed E-state index contributed by atoms with van der Waals surface area (Å²) < 4.78 is 5.96. The van der Waals surface area contributed by atoms with E-state index in [0.29, 0.717) is 6.10 Å². The Balaban J connectivity index is 2.34. The predicted octanol–water partition coefficient (Wildman–Crippen LogP) is 2.25. The van der Waals surface area contributed by atoms with Gasteiger partial charge in [0.1, 0.15) is 5.75 Å². The molecule has 0 unspecified atom stereocenters. The van der Waals surface area contributed by atoms with Crippen LogP contribution in [0.1, 0.15) is 25.3 Å². The highest BCUT2D eigenvalue weighted by Crippen LogP contribution is 2.35. The highest BCUT2D eigenvalue weighted by atomic mass is 16.5. The maximum Gasteiger partial charge on any atom is 0.149 e. The zero-order valence-corrected chi connectivity index (χ0v) is 9.66. The predicted molar refractivity (Wildman–Crippen MR) is 61.6 cm³/mol. The number of aromatic nitrogens is 1. The molecule has 0 aromatic carbocycles. The molecule has 1 heterocycles. The van der Waals surface area contributed by atoms with Crippen molar-refractivity contribution in [2.45, 2.75) is 32.3 Å². The Morgan fingerprint density at radius 3 is 2.67 bits per heavy atom. The van der Waals surface area contributed by atoms with Gasteiger partial charge in [-0.15, -0.1) is 0 Å². The van der Waals surface area contributed by atoms with Gasteiger partial charge in [0, 0.05) is 25.9 Å². The lowest BCUT2D eigenvalue weighted by atomic mass is 10.2. The van der Waals surface area contributed by atoms with Crippen LogP contribution in [-0.2, 0) is 6.42 Å². The molecule has 1 aliphatic carbocycles. The van der Waals surface area contributed by atoms with E-state index in [1.165, 1.54) is 18.4 Å². The fraction of sp³-hybridized carbons (Fsp3) is 0.583. The van der Waals surface area contributed by atoms with Crippen LogP contribution in [0, 0.1) is 0 Å². The van der Waals surface area contributed by atoms with Crippen molar-refractivity contribution < 1.29 is 4.74 Å². The van der Waals surface area contributed by atoms with Crippen LogP contribution in [0.25, 0.3) is 0 Å². The van der Waals surface area contributed by atoms with Crippen molar-refractivity contribution in [2.24, 2.45) is 0 Å². The van der Waals surface area contributed by atoms with E-state index in [0.717, 1.165) is 17.9 Å². The van der Waals surface area contributed by atoms with Crippen LogP contribution >= 0.6 is 0 Å². The quantitative estimate of drug-likeness (QED) is 0.755. The molecule has 1 fully saturated rings. The molecule has 82 valence electrons. The van der Waals surface area contributed by atoms with Crippen molar-refractivity contribution >= 4 is 5.69 Å². The van der Waals surface area contributed by atoms with Crippen molar-refractivity contribution in [3.63, 3.8) is 0 Å². The minimum atomic E-state index is 0.441. The molecular weight excluding hydrogens is 188 g/mol. The number of hydrogen-bond acceptors (Lipinski definition) is 3. The van der Waals surface area contributed by atoms with Gasteiger partial charge >= 0.3 is 0 Å². The molecule has 0 spiro atoms. The minimum absolute atomic E-state index is 0.441. The molecular formula is C12H18N2O. The molecule has 15 heavy (non-hydrogen) atoms. The number of hydrogen-bond donors (Lipinski definition) is 0. The van der Waals surface area contributed by atoms with E-state index in [9.17, 15) is 0 Å². The molecule has 3 heteroatoms. The first-order chi connectivity index (χ1) is 7.22. The SMILES string of the molecule is CCc1cncc(N(C)C)c1OC1CC1. The van der Waals surface area contributed by atoms with Gasteiger partial charge in [0.2, 0.25) is 0 Å². The van der Waals surface area contributed by atoms with Gasteiger partial charge in [0.25, 0.3) is 0 Å². The van der Waals surface area contributed by atoms with Crippen LogP contribution in [0.3, 0.4) is 0 Å². The van der Waals surface area contributed by atoms with Crippen LogP contribution in [-0.4, -0.2) is 25.2 Å². The van der Waals surface area contributed by atoms with E-state index in [4.69, 9.17) is 4.74 Å². The second-order valence-corrected chi connectivity index (χ2v) is 4.21. The first-order valence-electron chi connectivity index (χ1n) is 5.53. The van der Waals surface area contributed by atoms with Gasteiger partial charge in [0.05, 0.1) is 18.0 Å². The van der Waals surface area contributed by atoms with E-state index in [1.807, 2.05) is 26.5 Å². The van der Waals surface area contributed by atoms with Gasteiger partial charge < -0.3 is 9.64 Å². The molecule has 1 aromatic heterocycles. The molecule has 0 N–H and O–H groups in total. The summed E-state index contributed by atoms with van der Waals surface area (Å²) in [6.45, 7) is 2.14. The molecule has 1 aliphatic rings. The molecule has 0 atom stereocenters. The van der Waals surface area contributed by atoms with Crippen molar-refractivity contribution in [1.29, 1.82) is 0 Å². The fourth-order valence-electron chi connectivity index (χ4n) is 1.54. The van der Waals surface area contributed by atoms with Crippen LogP contribution in [0.15, 0.2) is 12.4 Å². The second-order valence-electron chi connectivity index (χ2n) is 4.21. The summed E-state index contributed by atoms with van der Waals surface area (Å²) >= 11 is 0. The highest BCUT2D eigenvalue weighted by molar-refractivity contribution is 5.59. The number of aryl methyl sites for hydroxylation is 1. The van der Waals surface area contributed by atoms with Crippen LogP contribution in [0.2, 0.25) is 0 Å². The van der Waals surface area contributed by atoms with E-state index in [-0.39, 0.29) is 0 Å². The summed E-state index contributed by atoms with van der Waals surface area (Å²) in [4.78, 5) is 6.30. The molecule has 3 nitrogen and oxygen atoms in total. The van der Waals surface area contributed by atoms with Gasteiger partial charge in [-0.3, -0.25) is 4.98 Å². The number of anilines is 1. The normalized spacial score (nSPS) is 15.1. The van der Waals surface area contributed by atoms with E-state index < -0.39 is 0 Å². The largest absolute Gasteiger partial charge is 0.488 e. The van der Waals surface area contributed by atoms with E-state index in [1.54, 1.807) is 0 Å². The van der Waals surface area contributed by atoms with Crippen LogP contribution < -0.4 is 9.64 Å². The zero-order valence-electron chi connectivity index (χ0n) is 9.66. The lowest BCUT2D eigenvalue weighted by Gasteiger charge is -2.19. The first kappa shape index (κ1) is 10.3. The van der Waals surface area contributed by atoms with Gasteiger partial charge in [-0.1, -0.05) is 6.92 Å². The van der Waals surface area contributed by atoms with Gasteiger partial charge in [-0.25, -0.2) is 0 Å². The Morgan fingerprint density at radius 1 is 1.40 bits per heavy atom. The zero-order chi connectivity index (χ0) is 10.8. The van der Waals surface area contributed by atoms with Gasteiger partial charge in [-0.2, -0.15) is 0 Å². The summed E-state index contributed by atoms with van der Waals surface area (Å²) in [5.41, 5.74) is 2.29. The average molecular weight is 206 g/mol. The summed E-state index contributed by atoms with van der Waals surface area (Å²) in [6.07, 6.45) is 7.58. The van der Waals surface area contributed by atoms with E-state index >= 15 is 0 Å². The summed E-state index contributed by atoms with van der Waals surface area (Å²) in [6, 6.07) is 0. The Labute approximate surface area is 91.1 Å². The standard InChI is InChI=1S/C12H18N2O/c1-4-9-7-13-8-11(14(2)3)12(9)15-10-5-6-10/h7-8,10H,4-6H2,1-3H3. The minimum Gasteiger partial charge on any atom is -0.488 e. The molecule has 1 saturated carbocycles. The van der Waals surface area contributed by atoms with Crippen molar-refractivity contribution in [3.05, 3.63) is 18.0 Å². The first-order valence-corrected chi connectivity index (χ1v) is 5.53. The Hall–Kier alpha value is -1.25. The van der Waals surface area contributed by atoms with Gasteiger partial charge in [0.15, 0.2) is 0 Å². The van der Waals surface area contributed by atoms with Crippen molar-refractivity contribution in [1.82, 2.24) is 4.98 Å². The molecule has 1 aromatic rings. The lowest BCUT2D eigenvalue weighted by molar-refractivity contribution is 0.300. The molecule has 0 saturated heterocycles. The topological polar surface area (TPSA) is 25.4 Å². The van der Waals surface area contributed by atoms with Crippen LogP contribution in [0.5, 0.6) is 5.75 Å². The fourth-order valence-corrected chi connectivity index (χ4v) is 1.54. The van der Waals surface area contributed by atoms with Crippen LogP contribution in [0.4, 0.5) is 5.69 Å². The van der Waals surface area contributed by atoms with Crippen molar-refractivity contribution in [3.8, 4) is 5.75 Å². The molecule has 0 amide bonds. The number of ether oxygens (including phenoxy) is 1. The lowest BCUT2D eigenvalue weighted by Crippen LogP contribution is -2.13. The highest BCUT2D eigenvalue weighted by Gasteiger charge is 2.26. The molecule has 0 radical (unpaired) electrons. The monoisotopic (exact) mass is 206 g/mol. The number of nitrogens with zero attached hydrogens (tertiary/aromatic N) is 2. The summed E-state index contributed by atoms with van der Waals surface area (Å²) in [7, 11) is 4.05. The maximum absolute atomic E-state index is 5.96. The average Bonchev–Trinajstić information content (AvgIpc) is 3.01. The third-order valence-corrected chi connectivity index (χ3v) is 2.62. The third kappa shape index (κ3) is 2.22. The summed E-state index contributed by atoms with van der Waals surface area (Å²) in [5.74, 6) is 1.03. The second kappa shape index (κ2) is 4.09. The summed E-state index contributed by atoms with van der Waals surface area (Å²) in [5, 5.41) is 0. The molecule has 0 aliphatic heterocycles.